The van der Waals surface area contributed by atoms with E-state index in [-0.39, 0.29) is 12.4 Å². The maximum absolute atomic E-state index is 12.3. The van der Waals surface area contributed by atoms with Gasteiger partial charge < -0.3 is 9.47 Å². The van der Waals surface area contributed by atoms with Crippen molar-refractivity contribution in [3.63, 3.8) is 0 Å². The summed E-state index contributed by atoms with van der Waals surface area (Å²) in [6.07, 6.45) is 0.0883. The molecule has 7 nitrogen and oxygen atoms in total. The minimum Gasteiger partial charge on any atom is -0.497 e. The van der Waals surface area contributed by atoms with Gasteiger partial charge in [-0.3, -0.25) is 14.4 Å². The predicted molar refractivity (Wildman–Crippen MR) is 121 cm³/mol. The van der Waals surface area contributed by atoms with Crippen LogP contribution in [0.1, 0.15) is 42.2 Å². The molecule has 154 valence electrons. The molecule has 2 heterocycles. The molecule has 1 atom stereocenters. The van der Waals surface area contributed by atoms with E-state index in [0.29, 0.717) is 12.4 Å². The lowest BCUT2D eigenvalue weighted by molar-refractivity contribution is -0.143. The summed E-state index contributed by atoms with van der Waals surface area (Å²) in [5.41, 5.74) is 3.53. The van der Waals surface area contributed by atoms with Crippen molar-refractivity contribution in [3.05, 3.63) is 68.8 Å². The van der Waals surface area contributed by atoms with Crippen molar-refractivity contribution in [2.24, 2.45) is 4.99 Å². The van der Waals surface area contributed by atoms with E-state index in [1.54, 1.807) is 14.0 Å². The monoisotopic (exact) mass is 516 g/mol. The van der Waals surface area contributed by atoms with Crippen molar-refractivity contribution in [3.8, 4) is 11.4 Å². The summed E-state index contributed by atoms with van der Waals surface area (Å²) in [4.78, 5) is 17.3. The fourth-order valence-corrected chi connectivity index (χ4v) is 3.91. The molecule has 4 rings (SSSR count). The summed E-state index contributed by atoms with van der Waals surface area (Å²) in [7, 11) is 1.64. The number of rotatable bonds is 5. The Hall–Kier alpha value is -2.75. The molecular formula is C22H21IN4O3. The molecule has 1 aliphatic heterocycles. The van der Waals surface area contributed by atoms with Crippen molar-refractivity contribution in [1.82, 2.24) is 14.8 Å². The van der Waals surface area contributed by atoms with E-state index >= 15 is 0 Å². The zero-order valence-corrected chi connectivity index (χ0v) is 19.1. The van der Waals surface area contributed by atoms with Crippen LogP contribution in [0.25, 0.3) is 5.69 Å². The molecule has 0 unspecified atom stereocenters. The first-order chi connectivity index (χ1) is 14.5. The van der Waals surface area contributed by atoms with E-state index < -0.39 is 6.04 Å². The number of hydrogen-bond donors (Lipinski definition) is 0. The molecule has 8 heteroatoms. The van der Waals surface area contributed by atoms with E-state index in [1.807, 2.05) is 54.0 Å². The smallest absolute Gasteiger partial charge is 0.308 e. The average Bonchev–Trinajstić information content (AvgIpc) is 3.06. The van der Waals surface area contributed by atoms with Crippen LogP contribution in [0.15, 0.2) is 47.5 Å². The zero-order valence-electron chi connectivity index (χ0n) is 16.9. The molecule has 0 fully saturated rings. The van der Waals surface area contributed by atoms with Crippen LogP contribution in [0, 0.1) is 10.5 Å². The third-order valence-corrected chi connectivity index (χ3v) is 5.63. The lowest BCUT2D eigenvalue weighted by Gasteiger charge is -2.14. The van der Waals surface area contributed by atoms with Gasteiger partial charge in [0.1, 0.15) is 17.6 Å². The number of esters is 1. The van der Waals surface area contributed by atoms with Gasteiger partial charge in [0, 0.05) is 14.7 Å². The van der Waals surface area contributed by atoms with Crippen LogP contribution >= 0.6 is 22.6 Å². The van der Waals surface area contributed by atoms with Gasteiger partial charge in [0.25, 0.3) is 0 Å². The van der Waals surface area contributed by atoms with Crippen molar-refractivity contribution < 1.29 is 14.3 Å². The first kappa shape index (κ1) is 20.5. The quantitative estimate of drug-likeness (QED) is 0.378. The summed E-state index contributed by atoms with van der Waals surface area (Å²) in [6.45, 7) is 4.00. The molecule has 1 aliphatic rings. The van der Waals surface area contributed by atoms with Crippen LogP contribution in [-0.4, -0.2) is 40.2 Å². The molecule has 0 N–H and O–H groups in total. The molecular weight excluding hydrogens is 495 g/mol. The molecule has 30 heavy (non-hydrogen) atoms. The van der Waals surface area contributed by atoms with Crippen molar-refractivity contribution in [2.45, 2.75) is 26.3 Å². The van der Waals surface area contributed by atoms with Crippen LogP contribution in [0.2, 0.25) is 0 Å². The molecule has 0 spiro atoms. The fraction of sp³-hybridized carbons (Fsp3) is 0.273. The molecule has 1 aromatic heterocycles. The molecule has 0 amide bonds. The van der Waals surface area contributed by atoms with Gasteiger partial charge in [-0.1, -0.05) is 12.1 Å². The number of ether oxygens (including phenoxy) is 2. The Balaban J connectivity index is 1.96. The van der Waals surface area contributed by atoms with Crippen molar-refractivity contribution >= 4 is 34.3 Å². The summed E-state index contributed by atoms with van der Waals surface area (Å²) in [6, 6.07) is 13.5. The SMILES string of the molecule is CCOC(=O)C[C@@H]1N=C(c2ccc(I)cc2)c2cc(OC)ccc2-n2c(C)nnc21. The molecule has 0 saturated carbocycles. The third-order valence-electron chi connectivity index (χ3n) is 4.92. The van der Waals surface area contributed by atoms with Gasteiger partial charge >= 0.3 is 5.97 Å². The molecule has 0 bridgehead atoms. The Morgan fingerprint density at radius 2 is 1.93 bits per heavy atom. The molecule has 0 aliphatic carbocycles. The number of benzene rings is 2. The third kappa shape index (κ3) is 3.83. The average molecular weight is 516 g/mol. The van der Waals surface area contributed by atoms with Gasteiger partial charge in [-0.05, 0) is 66.8 Å². The van der Waals surface area contributed by atoms with E-state index in [1.165, 1.54) is 0 Å². The van der Waals surface area contributed by atoms with Crippen LogP contribution in [0.3, 0.4) is 0 Å². The van der Waals surface area contributed by atoms with Crippen LogP contribution < -0.4 is 4.74 Å². The largest absolute Gasteiger partial charge is 0.497 e. The predicted octanol–water partition coefficient (Wildman–Crippen LogP) is 4.03. The Morgan fingerprint density at radius 1 is 1.17 bits per heavy atom. The number of hydrogen-bond acceptors (Lipinski definition) is 6. The number of fused-ring (bicyclic) bond motifs is 3. The van der Waals surface area contributed by atoms with Gasteiger partial charge in [-0.25, -0.2) is 0 Å². The highest BCUT2D eigenvalue weighted by Gasteiger charge is 2.30. The number of aromatic nitrogens is 3. The summed E-state index contributed by atoms with van der Waals surface area (Å²) >= 11 is 2.28. The summed E-state index contributed by atoms with van der Waals surface area (Å²) in [5.74, 6) is 1.75. The highest BCUT2D eigenvalue weighted by atomic mass is 127. The van der Waals surface area contributed by atoms with E-state index in [4.69, 9.17) is 14.5 Å². The Bertz CT molecular complexity index is 1120. The van der Waals surface area contributed by atoms with Crippen LogP contribution in [0.5, 0.6) is 5.75 Å². The topological polar surface area (TPSA) is 78.6 Å². The first-order valence-corrected chi connectivity index (χ1v) is 10.7. The zero-order chi connectivity index (χ0) is 21.3. The number of carbonyl (C=O) groups excluding carboxylic acids is 1. The van der Waals surface area contributed by atoms with E-state index in [9.17, 15) is 4.79 Å². The summed E-state index contributed by atoms with van der Waals surface area (Å²) in [5, 5.41) is 8.61. The number of methoxy groups -OCH3 is 1. The van der Waals surface area contributed by atoms with E-state index in [0.717, 1.165) is 37.7 Å². The Labute approximate surface area is 188 Å². The second-order valence-corrected chi connectivity index (χ2v) is 8.08. The lowest BCUT2D eigenvalue weighted by Crippen LogP contribution is -2.13. The maximum atomic E-state index is 12.3. The number of halogens is 1. The highest BCUT2D eigenvalue weighted by molar-refractivity contribution is 14.1. The second-order valence-electron chi connectivity index (χ2n) is 6.83. The van der Waals surface area contributed by atoms with Crippen LogP contribution in [0.4, 0.5) is 0 Å². The normalized spacial score (nSPS) is 14.9. The van der Waals surface area contributed by atoms with Gasteiger partial charge in [0.2, 0.25) is 0 Å². The van der Waals surface area contributed by atoms with Crippen molar-refractivity contribution in [2.75, 3.05) is 13.7 Å². The molecule has 2 aromatic carbocycles. The van der Waals surface area contributed by atoms with Gasteiger partial charge in [-0.2, -0.15) is 0 Å². The number of carbonyl (C=O) groups is 1. The first-order valence-electron chi connectivity index (χ1n) is 9.62. The number of aliphatic imine (C=N–C) groups is 1. The Kier molecular flexibility index (Phi) is 5.85. The number of aryl methyl sites for hydroxylation is 1. The second kappa shape index (κ2) is 8.55. The van der Waals surface area contributed by atoms with Gasteiger partial charge in [-0.15, -0.1) is 10.2 Å². The molecule has 3 aromatic rings. The summed E-state index contributed by atoms with van der Waals surface area (Å²) < 4.78 is 13.8. The lowest BCUT2D eigenvalue weighted by atomic mass is 10.00. The Morgan fingerprint density at radius 3 is 2.63 bits per heavy atom. The molecule has 0 saturated heterocycles. The molecule has 0 radical (unpaired) electrons. The van der Waals surface area contributed by atoms with E-state index in [2.05, 4.69) is 32.8 Å². The fourth-order valence-electron chi connectivity index (χ4n) is 3.55. The maximum Gasteiger partial charge on any atom is 0.308 e. The standard InChI is InChI=1S/C22H21IN4O3/c1-4-30-20(28)12-18-22-26-25-13(2)27(22)19-10-9-16(29-3)11-17(19)21(24-18)14-5-7-15(23)8-6-14/h5-11,18H,4,12H2,1-3H3/t18-/m0/s1. The minimum absolute atomic E-state index is 0.0883. The van der Waals surface area contributed by atoms with Crippen molar-refractivity contribution in [1.29, 1.82) is 0 Å². The van der Waals surface area contributed by atoms with Gasteiger partial charge in [0.15, 0.2) is 5.82 Å². The van der Waals surface area contributed by atoms with Gasteiger partial charge in [0.05, 0.1) is 31.5 Å². The van der Waals surface area contributed by atoms with Crippen LogP contribution in [-0.2, 0) is 9.53 Å². The highest BCUT2D eigenvalue weighted by Crippen LogP contribution is 2.34. The number of nitrogens with zero attached hydrogens (tertiary/aromatic N) is 4. The minimum atomic E-state index is -0.516.